The van der Waals surface area contributed by atoms with E-state index >= 15 is 0 Å². The molecule has 0 aliphatic carbocycles. The van der Waals surface area contributed by atoms with Gasteiger partial charge in [-0.25, -0.2) is 4.98 Å². The Balaban J connectivity index is 1.41. The molecule has 0 radical (unpaired) electrons. The Morgan fingerprint density at radius 1 is 1.23 bits per heavy atom. The number of ether oxygens (including phenoxy) is 1. The number of nitrogens with one attached hydrogen (secondary N) is 1. The highest BCUT2D eigenvalue weighted by atomic mass is 32.3. The third-order valence-electron chi connectivity index (χ3n) is 7.24. The van der Waals surface area contributed by atoms with Crippen LogP contribution in [0, 0.1) is 0 Å². The summed E-state index contributed by atoms with van der Waals surface area (Å²) in [7, 11) is -1.72. The molecule has 228 valence electrons. The van der Waals surface area contributed by atoms with Gasteiger partial charge in [-0.15, -0.1) is 4.59 Å². The van der Waals surface area contributed by atoms with Gasteiger partial charge in [-0.1, -0.05) is 0 Å². The number of hydrogen-bond acceptors (Lipinski definition) is 9. The summed E-state index contributed by atoms with van der Waals surface area (Å²) in [6.07, 6.45) is 1.04. The van der Waals surface area contributed by atoms with Crippen molar-refractivity contribution >= 4 is 40.3 Å². The lowest BCUT2D eigenvalue weighted by Gasteiger charge is -2.47. The second-order valence-electron chi connectivity index (χ2n) is 10.0. The Bertz CT molecular complexity index is 1560. The van der Waals surface area contributed by atoms with Crippen molar-refractivity contribution in [3.8, 4) is 0 Å². The number of hydrogen-bond donors (Lipinski definition) is 4. The fourth-order valence-corrected chi connectivity index (χ4v) is 6.64. The lowest BCUT2D eigenvalue weighted by atomic mass is 10.1. The third-order valence-corrected chi connectivity index (χ3v) is 9.31. The first-order valence-corrected chi connectivity index (χ1v) is 14.8. The molecular formula is C27H29F3N7O5S+. The van der Waals surface area contributed by atoms with Crippen LogP contribution < -0.4 is 11.2 Å². The predicted octanol–water partition coefficient (Wildman–Crippen LogP) is 3.57. The van der Waals surface area contributed by atoms with Crippen LogP contribution in [0.1, 0.15) is 27.9 Å². The van der Waals surface area contributed by atoms with Gasteiger partial charge in [0, 0.05) is 32.0 Å². The molecule has 5 rings (SSSR count). The number of aromatic nitrogens is 1. The Kier molecular flexibility index (Phi) is 8.26. The fourth-order valence-electron chi connectivity index (χ4n) is 4.91. The molecule has 0 spiro atoms. The van der Waals surface area contributed by atoms with Crippen molar-refractivity contribution in [2.24, 2.45) is 15.8 Å². The summed E-state index contributed by atoms with van der Waals surface area (Å²) >= 11 is 0. The van der Waals surface area contributed by atoms with Gasteiger partial charge in [0.2, 0.25) is 11.6 Å². The molecule has 2 aromatic rings. The first-order valence-electron chi connectivity index (χ1n) is 13.0. The number of nitrogens with zero attached hydrogens (tertiary/aromatic N) is 5. The van der Waals surface area contributed by atoms with E-state index in [2.05, 4.69) is 15.3 Å². The minimum atomic E-state index is -4.59. The number of benzene rings is 1. The molecule has 1 aromatic heterocycles. The van der Waals surface area contributed by atoms with E-state index in [0.29, 0.717) is 17.1 Å². The van der Waals surface area contributed by atoms with Crippen LogP contribution in [0.15, 0.2) is 76.4 Å². The predicted molar refractivity (Wildman–Crippen MR) is 154 cm³/mol. The lowest BCUT2D eigenvalue weighted by molar-refractivity contribution is -0.750. The topological polar surface area (TPSA) is 163 Å². The number of alkyl halides is 3. The standard InChI is InChI=1S/C27H28F3N7O5S/c1-42-12-7-23(38)36-10-13-43(40,41)21(16-36)24-20-15-32-9-11-37(20,31)25(35-24)17-2-4-18(5-3-17)26(39)34-22-14-19(6-8-33-22)27(28,29)30/h2-6,8-9,11,14-15,21H,7,10,12-13,16,31H2,1H3,(H2-,33,34,39,40,41)/p+1. The van der Waals surface area contributed by atoms with Crippen molar-refractivity contribution in [2.75, 3.05) is 37.9 Å². The second-order valence-corrected chi connectivity index (χ2v) is 12.4. The molecule has 4 heterocycles. The van der Waals surface area contributed by atoms with Gasteiger partial charge in [0.05, 0.1) is 42.3 Å². The molecule has 5 N–H and O–H groups in total. The summed E-state index contributed by atoms with van der Waals surface area (Å²) in [5.74, 6) is 5.93. The number of nitrogens with two attached hydrogens (primary N) is 1. The first-order chi connectivity index (χ1) is 20.3. The normalized spacial score (nSPS) is 23.6. The van der Waals surface area contributed by atoms with Crippen molar-refractivity contribution in [3.05, 3.63) is 83.1 Å². The quantitative estimate of drug-likeness (QED) is 0.272. The Labute approximate surface area is 246 Å². The van der Waals surface area contributed by atoms with E-state index in [1.165, 1.54) is 31.7 Å². The number of methoxy groups -OCH3 is 1. The van der Waals surface area contributed by atoms with Gasteiger partial charge in [0.15, 0.2) is 0 Å². The number of rotatable bonds is 7. The molecule has 2 atom stereocenters. The van der Waals surface area contributed by atoms with E-state index < -0.39 is 38.1 Å². The van der Waals surface area contributed by atoms with Gasteiger partial charge < -0.3 is 15.0 Å². The maximum absolute atomic E-state index is 13.0. The zero-order valence-electron chi connectivity index (χ0n) is 22.9. The second kappa shape index (κ2) is 11.6. The number of amides is 2. The van der Waals surface area contributed by atoms with Crippen LogP contribution in [0.2, 0.25) is 0 Å². The molecule has 2 unspecified atom stereocenters. The number of aliphatic imine (C=N–C) groups is 2. The van der Waals surface area contributed by atoms with Gasteiger partial charge in [0.25, 0.3) is 11.7 Å². The van der Waals surface area contributed by atoms with Crippen LogP contribution in [0.4, 0.5) is 19.0 Å². The van der Waals surface area contributed by atoms with E-state index in [1.54, 1.807) is 23.2 Å². The number of anilines is 1. The Morgan fingerprint density at radius 3 is 2.67 bits per heavy atom. The van der Waals surface area contributed by atoms with Crippen molar-refractivity contribution in [2.45, 2.75) is 17.8 Å². The van der Waals surface area contributed by atoms with Crippen molar-refractivity contribution in [3.63, 3.8) is 0 Å². The smallest absolute Gasteiger partial charge is 0.384 e. The minimum Gasteiger partial charge on any atom is -0.384 e. The van der Waals surface area contributed by atoms with Gasteiger partial charge >= 0.3 is 6.18 Å². The highest BCUT2D eigenvalue weighted by molar-refractivity contribution is 8.25. The number of halogens is 3. The number of allylic oxidation sites excluding steroid dienone is 1. The summed E-state index contributed by atoms with van der Waals surface area (Å²) in [5.41, 5.74) is 0.363. The molecule has 3 aliphatic heterocycles. The van der Waals surface area contributed by atoms with E-state index in [9.17, 15) is 31.9 Å². The van der Waals surface area contributed by atoms with Crippen LogP contribution >= 0.6 is 10.6 Å². The molecule has 16 heteroatoms. The average Bonchev–Trinajstić information content (AvgIpc) is 3.28. The van der Waals surface area contributed by atoms with E-state index in [4.69, 9.17) is 15.6 Å². The lowest BCUT2D eigenvalue weighted by Crippen LogP contribution is -2.53. The van der Waals surface area contributed by atoms with Crippen LogP contribution in [-0.2, 0) is 15.7 Å². The maximum atomic E-state index is 13.0. The molecule has 43 heavy (non-hydrogen) atoms. The summed E-state index contributed by atoms with van der Waals surface area (Å²) < 4.78 is 65.7. The number of fused-ring (bicyclic) bond motifs is 1. The molecular weight excluding hydrogens is 591 g/mol. The number of pyridine rings is 1. The fraction of sp³-hybridized carbons (Fsp3) is 0.296. The van der Waals surface area contributed by atoms with Gasteiger partial charge in [0.1, 0.15) is 23.0 Å². The van der Waals surface area contributed by atoms with E-state index in [0.717, 1.165) is 18.3 Å². The number of carbonyl (C=O) groups excluding carboxylic acids is 2. The van der Waals surface area contributed by atoms with Crippen molar-refractivity contribution < 1.29 is 41.2 Å². The highest BCUT2D eigenvalue weighted by Gasteiger charge is 2.50. The first kappa shape index (κ1) is 30.5. The van der Waals surface area contributed by atoms with Gasteiger partial charge in [-0.2, -0.15) is 34.6 Å². The van der Waals surface area contributed by atoms with Gasteiger partial charge in [-0.3, -0.25) is 23.7 Å². The average molecular weight is 621 g/mol. The number of amidine groups is 1. The van der Waals surface area contributed by atoms with Crippen LogP contribution in [0.5, 0.6) is 0 Å². The third kappa shape index (κ3) is 6.11. The molecule has 1 fully saturated rings. The zero-order valence-corrected chi connectivity index (χ0v) is 23.7. The SMILES string of the molecule is COCCC(=O)N1CCS(O)(O)C(C2=C3C=NC=C[N+]3(N)C(c3ccc(C(=O)Nc4cc(C(F)(F)F)ccn4)cc3)=N2)C1. The van der Waals surface area contributed by atoms with Crippen LogP contribution in [0.3, 0.4) is 0 Å². The molecule has 12 nitrogen and oxygen atoms in total. The van der Waals surface area contributed by atoms with Gasteiger partial charge in [-0.05, 0) is 36.4 Å². The summed E-state index contributed by atoms with van der Waals surface area (Å²) in [6.45, 7) is 0.425. The van der Waals surface area contributed by atoms with Crippen LogP contribution in [0.25, 0.3) is 0 Å². The number of carbonyl (C=O) groups is 2. The van der Waals surface area contributed by atoms with Crippen molar-refractivity contribution in [1.82, 2.24) is 9.88 Å². The molecule has 2 amide bonds. The van der Waals surface area contributed by atoms with Crippen molar-refractivity contribution in [1.29, 1.82) is 0 Å². The zero-order chi connectivity index (χ0) is 31.0. The largest absolute Gasteiger partial charge is 0.416 e. The highest BCUT2D eigenvalue weighted by Crippen LogP contribution is 2.52. The molecule has 1 aromatic carbocycles. The maximum Gasteiger partial charge on any atom is 0.416 e. The van der Waals surface area contributed by atoms with E-state index in [-0.39, 0.29) is 54.9 Å². The molecule has 0 bridgehead atoms. The van der Waals surface area contributed by atoms with Crippen LogP contribution in [-0.4, -0.2) is 85.3 Å². The Morgan fingerprint density at radius 2 is 1.98 bits per heavy atom. The molecule has 0 saturated carbocycles. The van der Waals surface area contributed by atoms with E-state index in [1.807, 2.05) is 0 Å². The molecule has 1 saturated heterocycles. The summed E-state index contributed by atoms with van der Waals surface area (Å²) in [5, 5.41) is 1.43. The summed E-state index contributed by atoms with van der Waals surface area (Å²) in [6, 6.07) is 7.59. The minimum absolute atomic E-state index is 0.0146. The number of quaternary nitrogens is 1. The monoisotopic (exact) mass is 620 g/mol. The molecule has 3 aliphatic rings. The Hall–Kier alpha value is -3.93. The summed E-state index contributed by atoms with van der Waals surface area (Å²) in [4.78, 5) is 39.7.